The molecule has 5 nitrogen and oxygen atoms in total. The molecule has 21 heavy (non-hydrogen) atoms. The molecule has 0 saturated heterocycles. The van der Waals surface area contributed by atoms with Crippen molar-refractivity contribution in [3.8, 4) is 0 Å². The summed E-state index contributed by atoms with van der Waals surface area (Å²) in [6, 6.07) is 7.63. The number of carbonyl (C=O) groups excluding carboxylic acids is 1. The Morgan fingerprint density at radius 3 is 2.29 bits per heavy atom. The van der Waals surface area contributed by atoms with E-state index < -0.39 is 17.7 Å². The summed E-state index contributed by atoms with van der Waals surface area (Å²) in [5.41, 5.74) is 1.42. The van der Waals surface area contributed by atoms with Crippen LogP contribution in [0.3, 0.4) is 0 Å². The Balaban J connectivity index is 2.69. The van der Waals surface area contributed by atoms with E-state index in [-0.39, 0.29) is 18.9 Å². The van der Waals surface area contributed by atoms with Crippen LogP contribution in [0.1, 0.15) is 44.2 Å². The molecule has 0 aliphatic heterocycles. The maximum Gasteiger partial charge on any atom is 0.407 e. The van der Waals surface area contributed by atoms with Gasteiger partial charge < -0.3 is 15.2 Å². The second kappa shape index (κ2) is 7.11. The van der Waals surface area contributed by atoms with Gasteiger partial charge in [0.25, 0.3) is 0 Å². The number of alkyl carbamates (subject to hydrolysis) is 1. The summed E-state index contributed by atoms with van der Waals surface area (Å²) in [4.78, 5) is 22.6. The Kier molecular flexibility index (Phi) is 5.76. The first-order chi connectivity index (χ1) is 9.67. The van der Waals surface area contributed by atoms with E-state index in [1.807, 2.05) is 31.2 Å². The quantitative estimate of drug-likeness (QED) is 0.874. The number of aryl methyl sites for hydroxylation is 1. The average molecular weight is 293 g/mol. The lowest BCUT2D eigenvalue weighted by molar-refractivity contribution is -0.137. The number of benzene rings is 1. The van der Waals surface area contributed by atoms with E-state index in [1.165, 1.54) is 0 Å². The van der Waals surface area contributed by atoms with Crippen molar-refractivity contribution >= 4 is 12.1 Å². The fourth-order valence-electron chi connectivity index (χ4n) is 1.88. The summed E-state index contributed by atoms with van der Waals surface area (Å²) in [7, 11) is 0. The Hall–Kier alpha value is -2.04. The van der Waals surface area contributed by atoms with Crippen LogP contribution in [0, 0.1) is 6.92 Å². The third-order valence-electron chi connectivity index (χ3n) is 2.86. The van der Waals surface area contributed by atoms with E-state index in [0.717, 1.165) is 11.1 Å². The zero-order valence-electron chi connectivity index (χ0n) is 13.0. The highest BCUT2D eigenvalue weighted by molar-refractivity contribution is 5.69. The largest absolute Gasteiger partial charge is 0.481 e. The SMILES string of the molecule is Cc1ccc(C(CNC(=O)OC(C)(C)C)CC(=O)O)cc1. The predicted molar refractivity (Wildman–Crippen MR) is 80.4 cm³/mol. The lowest BCUT2D eigenvalue weighted by Gasteiger charge is -2.21. The van der Waals surface area contributed by atoms with Crippen LogP contribution in [-0.2, 0) is 9.53 Å². The van der Waals surface area contributed by atoms with Crippen LogP contribution < -0.4 is 5.32 Å². The monoisotopic (exact) mass is 293 g/mol. The van der Waals surface area contributed by atoms with Crippen molar-refractivity contribution in [3.63, 3.8) is 0 Å². The molecule has 116 valence electrons. The van der Waals surface area contributed by atoms with Crippen molar-refractivity contribution < 1.29 is 19.4 Å². The number of ether oxygens (including phenoxy) is 1. The summed E-state index contributed by atoms with van der Waals surface area (Å²) in [5, 5.41) is 11.6. The van der Waals surface area contributed by atoms with E-state index in [9.17, 15) is 9.59 Å². The van der Waals surface area contributed by atoms with Crippen LogP contribution in [-0.4, -0.2) is 29.3 Å². The third kappa shape index (κ3) is 6.79. The summed E-state index contributed by atoms with van der Waals surface area (Å²) >= 11 is 0. The number of aliphatic carboxylic acids is 1. The van der Waals surface area contributed by atoms with Gasteiger partial charge in [0.15, 0.2) is 0 Å². The molecule has 1 rings (SSSR count). The van der Waals surface area contributed by atoms with Crippen molar-refractivity contribution in [2.24, 2.45) is 0 Å². The topological polar surface area (TPSA) is 75.6 Å². The van der Waals surface area contributed by atoms with Crippen molar-refractivity contribution in [1.82, 2.24) is 5.32 Å². The summed E-state index contributed by atoms with van der Waals surface area (Å²) in [6.45, 7) is 7.53. The molecule has 0 saturated carbocycles. The minimum Gasteiger partial charge on any atom is -0.481 e. The summed E-state index contributed by atoms with van der Waals surface area (Å²) in [6.07, 6.45) is -0.580. The highest BCUT2D eigenvalue weighted by Crippen LogP contribution is 2.20. The molecule has 1 aromatic carbocycles. The Bertz CT molecular complexity index is 488. The average Bonchev–Trinajstić information content (AvgIpc) is 2.33. The number of carboxylic acid groups (broad SMARTS) is 1. The number of rotatable bonds is 5. The van der Waals surface area contributed by atoms with E-state index in [4.69, 9.17) is 9.84 Å². The van der Waals surface area contributed by atoms with Crippen molar-refractivity contribution in [1.29, 1.82) is 0 Å². The van der Waals surface area contributed by atoms with Gasteiger partial charge >= 0.3 is 12.1 Å². The molecule has 0 aromatic heterocycles. The van der Waals surface area contributed by atoms with Crippen molar-refractivity contribution in [2.75, 3.05) is 6.54 Å². The molecule has 1 aromatic rings. The second-order valence-corrected chi connectivity index (χ2v) is 6.09. The van der Waals surface area contributed by atoms with E-state index in [0.29, 0.717) is 0 Å². The minimum absolute atomic E-state index is 0.0428. The van der Waals surface area contributed by atoms with Gasteiger partial charge in [-0.25, -0.2) is 4.79 Å². The Morgan fingerprint density at radius 2 is 1.81 bits per heavy atom. The van der Waals surface area contributed by atoms with Gasteiger partial charge in [0.05, 0.1) is 6.42 Å². The molecule has 1 unspecified atom stereocenters. The molecule has 0 radical (unpaired) electrons. The van der Waals surface area contributed by atoms with Gasteiger partial charge in [-0.3, -0.25) is 4.79 Å². The lowest BCUT2D eigenvalue weighted by Crippen LogP contribution is -2.35. The number of hydrogen-bond donors (Lipinski definition) is 2. The molecule has 0 fully saturated rings. The van der Waals surface area contributed by atoms with Gasteiger partial charge in [-0.2, -0.15) is 0 Å². The van der Waals surface area contributed by atoms with E-state index in [1.54, 1.807) is 20.8 Å². The number of amides is 1. The molecular weight excluding hydrogens is 270 g/mol. The highest BCUT2D eigenvalue weighted by Gasteiger charge is 2.20. The maximum atomic E-state index is 11.7. The van der Waals surface area contributed by atoms with Crippen LogP contribution in [0.4, 0.5) is 4.79 Å². The molecular formula is C16H23NO4. The molecule has 1 atom stereocenters. The predicted octanol–water partition coefficient (Wildman–Crippen LogP) is 3.08. The van der Waals surface area contributed by atoms with Crippen LogP contribution in [0.2, 0.25) is 0 Å². The maximum absolute atomic E-state index is 11.7. The lowest BCUT2D eigenvalue weighted by atomic mass is 9.95. The number of carboxylic acids is 1. The van der Waals surface area contributed by atoms with Gasteiger partial charge in [-0.15, -0.1) is 0 Å². The normalized spacial score (nSPS) is 12.6. The van der Waals surface area contributed by atoms with Gasteiger partial charge in [-0.1, -0.05) is 29.8 Å². The van der Waals surface area contributed by atoms with E-state index in [2.05, 4.69) is 5.32 Å². The van der Waals surface area contributed by atoms with Gasteiger partial charge in [0.1, 0.15) is 5.60 Å². The first-order valence-corrected chi connectivity index (χ1v) is 6.92. The number of hydrogen-bond acceptors (Lipinski definition) is 3. The van der Waals surface area contributed by atoms with Gasteiger partial charge in [0.2, 0.25) is 0 Å². The molecule has 5 heteroatoms. The number of nitrogens with one attached hydrogen (secondary N) is 1. The Labute approximate surface area is 125 Å². The van der Waals surface area contributed by atoms with Crippen LogP contribution in [0.25, 0.3) is 0 Å². The van der Waals surface area contributed by atoms with Crippen molar-refractivity contribution in [2.45, 2.75) is 45.6 Å². The minimum atomic E-state index is -0.897. The Morgan fingerprint density at radius 1 is 1.24 bits per heavy atom. The second-order valence-electron chi connectivity index (χ2n) is 6.09. The van der Waals surface area contributed by atoms with Gasteiger partial charge in [-0.05, 0) is 33.3 Å². The zero-order chi connectivity index (χ0) is 16.0. The molecule has 0 aliphatic rings. The summed E-state index contributed by atoms with van der Waals surface area (Å²) in [5.74, 6) is -1.18. The first-order valence-electron chi connectivity index (χ1n) is 6.92. The number of carbonyl (C=O) groups is 2. The zero-order valence-corrected chi connectivity index (χ0v) is 13.0. The highest BCUT2D eigenvalue weighted by atomic mass is 16.6. The molecule has 1 amide bonds. The molecule has 0 heterocycles. The summed E-state index contributed by atoms with van der Waals surface area (Å²) < 4.78 is 5.15. The first kappa shape index (κ1) is 17.0. The van der Waals surface area contributed by atoms with Crippen molar-refractivity contribution in [3.05, 3.63) is 35.4 Å². The molecule has 0 bridgehead atoms. The molecule has 0 aliphatic carbocycles. The van der Waals surface area contributed by atoms with Crippen LogP contribution in [0.15, 0.2) is 24.3 Å². The standard InChI is InChI=1S/C16H23NO4/c1-11-5-7-12(8-6-11)13(9-14(18)19)10-17-15(20)21-16(2,3)4/h5-8,13H,9-10H2,1-4H3,(H,17,20)(H,18,19). The van der Waals surface area contributed by atoms with Gasteiger partial charge in [0, 0.05) is 12.5 Å². The van der Waals surface area contributed by atoms with Crippen LogP contribution >= 0.6 is 0 Å². The fourth-order valence-corrected chi connectivity index (χ4v) is 1.88. The fraction of sp³-hybridized carbons (Fsp3) is 0.500. The molecule has 2 N–H and O–H groups in total. The van der Waals surface area contributed by atoms with E-state index >= 15 is 0 Å². The van der Waals surface area contributed by atoms with Crippen LogP contribution in [0.5, 0.6) is 0 Å². The third-order valence-corrected chi connectivity index (χ3v) is 2.86. The smallest absolute Gasteiger partial charge is 0.407 e. The molecule has 0 spiro atoms.